The highest BCUT2D eigenvalue weighted by atomic mass is 127. The predicted molar refractivity (Wildman–Crippen MR) is 97.6 cm³/mol. The maximum atomic E-state index is 6.25. The lowest BCUT2D eigenvalue weighted by Crippen LogP contribution is -2.23. The zero-order chi connectivity index (χ0) is 14.9. The second kappa shape index (κ2) is 6.46. The van der Waals surface area contributed by atoms with Crippen molar-refractivity contribution in [3.63, 3.8) is 0 Å². The third-order valence-electron chi connectivity index (χ3n) is 2.84. The van der Waals surface area contributed by atoms with Gasteiger partial charge < -0.3 is 4.74 Å². The highest BCUT2D eigenvalue weighted by Gasteiger charge is 2.19. The Hall–Kier alpha value is 0.0900. The van der Waals surface area contributed by atoms with Gasteiger partial charge in [0.25, 0.3) is 0 Å². The molecule has 1 aromatic heterocycles. The van der Waals surface area contributed by atoms with Crippen LogP contribution in [0, 0.1) is 8.99 Å². The number of nitrogens with zero attached hydrogens (tertiary/aromatic N) is 1. The molecule has 0 atom stereocenters. The summed E-state index contributed by atoms with van der Waals surface area (Å²) >= 11 is 18.8. The average Bonchev–Trinajstić information content (AvgIpc) is 2.38. The standard InChI is InChI=1S/C14H14Cl2INOS/c1-14(2,7-20)6-19-13-10(17)5-9(15)8-3-4-11(16)18-12(8)13/h3-5,20H,6-7H2,1-2H3. The highest BCUT2D eigenvalue weighted by molar-refractivity contribution is 14.1. The minimum absolute atomic E-state index is 0.0171. The zero-order valence-electron chi connectivity index (χ0n) is 11.1. The lowest BCUT2D eigenvalue weighted by atomic mass is 9.98. The van der Waals surface area contributed by atoms with E-state index in [4.69, 9.17) is 27.9 Å². The molecule has 0 aliphatic carbocycles. The van der Waals surface area contributed by atoms with E-state index in [0.717, 1.165) is 20.5 Å². The van der Waals surface area contributed by atoms with E-state index in [0.29, 0.717) is 22.3 Å². The van der Waals surface area contributed by atoms with Crippen molar-refractivity contribution in [1.29, 1.82) is 0 Å². The fraction of sp³-hybridized carbons (Fsp3) is 0.357. The molecule has 0 aliphatic rings. The van der Waals surface area contributed by atoms with Crippen molar-refractivity contribution in [1.82, 2.24) is 4.98 Å². The topological polar surface area (TPSA) is 22.1 Å². The van der Waals surface area contributed by atoms with Gasteiger partial charge in [0.1, 0.15) is 10.7 Å². The van der Waals surface area contributed by atoms with Crippen LogP contribution in [0.1, 0.15) is 13.8 Å². The van der Waals surface area contributed by atoms with Crippen LogP contribution in [0.2, 0.25) is 10.2 Å². The van der Waals surface area contributed by atoms with Crippen LogP contribution in [0.4, 0.5) is 0 Å². The van der Waals surface area contributed by atoms with Crippen LogP contribution >= 0.6 is 58.4 Å². The molecule has 20 heavy (non-hydrogen) atoms. The predicted octanol–water partition coefficient (Wildman–Crippen LogP) is 5.48. The molecular weight excluding hydrogens is 428 g/mol. The first kappa shape index (κ1) is 16.5. The minimum Gasteiger partial charge on any atom is -0.490 e. The summed E-state index contributed by atoms with van der Waals surface area (Å²) in [6.07, 6.45) is 0. The summed E-state index contributed by atoms with van der Waals surface area (Å²) in [5.74, 6) is 1.46. The summed E-state index contributed by atoms with van der Waals surface area (Å²) in [5.41, 5.74) is 0.681. The van der Waals surface area contributed by atoms with Gasteiger partial charge in [-0.15, -0.1) is 0 Å². The van der Waals surface area contributed by atoms with E-state index in [9.17, 15) is 0 Å². The van der Waals surface area contributed by atoms with Crippen molar-refractivity contribution >= 4 is 69.3 Å². The van der Waals surface area contributed by atoms with Crippen molar-refractivity contribution in [2.45, 2.75) is 13.8 Å². The Morgan fingerprint density at radius 2 is 2.05 bits per heavy atom. The van der Waals surface area contributed by atoms with Crippen LogP contribution in [0.15, 0.2) is 18.2 Å². The van der Waals surface area contributed by atoms with Gasteiger partial charge in [0, 0.05) is 10.8 Å². The largest absolute Gasteiger partial charge is 0.490 e. The van der Waals surface area contributed by atoms with Gasteiger partial charge in [-0.25, -0.2) is 4.98 Å². The van der Waals surface area contributed by atoms with E-state index in [1.165, 1.54) is 0 Å². The molecule has 0 radical (unpaired) electrons. The number of hydrogen-bond donors (Lipinski definition) is 1. The summed E-state index contributed by atoms with van der Waals surface area (Å²) in [6, 6.07) is 5.47. The van der Waals surface area contributed by atoms with Crippen LogP contribution < -0.4 is 4.74 Å². The van der Waals surface area contributed by atoms with Crippen LogP contribution in [-0.2, 0) is 0 Å². The second-order valence-corrected chi connectivity index (χ2v) is 7.58. The van der Waals surface area contributed by atoms with E-state index in [2.05, 4.69) is 54.1 Å². The Morgan fingerprint density at radius 1 is 1.35 bits per heavy atom. The molecule has 1 heterocycles. The number of rotatable bonds is 4. The Morgan fingerprint density at radius 3 is 2.70 bits per heavy atom. The number of pyridine rings is 1. The van der Waals surface area contributed by atoms with Crippen molar-refractivity contribution in [2.24, 2.45) is 5.41 Å². The molecule has 0 bridgehead atoms. The summed E-state index contributed by atoms with van der Waals surface area (Å²) in [4.78, 5) is 4.36. The quantitative estimate of drug-likeness (QED) is 0.385. The maximum Gasteiger partial charge on any atom is 0.159 e. The minimum atomic E-state index is -0.0171. The van der Waals surface area contributed by atoms with Crippen molar-refractivity contribution in [3.8, 4) is 5.75 Å². The van der Waals surface area contributed by atoms with Crippen molar-refractivity contribution in [2.75, 3.05) is 12.4 Å². The summed E-state index contributed by atoms with van der Waals surface area (Å²) in [6.45, 7) is 4.76. The maximum absolute atomic E-state index is 6.25. The number of aromatic nitrogens is 1. The number of benzene rings is 1. The van der Waals surface area contributed by atoms with Gasteiger partial charge in [0.05, 0.1) is 15.2 Å². The van der Waals surface area contributed by atoms with Crippen LogP contribution in [0.5, 0.6) is 5.75 Å². The Kier molecular flexibility index (Phi) is 5.32. The van der Waals surface area contributed by atoms with Crippen molar-refractivity contribution < 1.29 is 4.74 Å². The number of halogens is 3. The molecule has 2 aromatic rings. The average molecular weight is 442 g/mol. The molecule has 108 valence electrons. The molecule has 1 aromatic carbocycles. The molecular formula is C14H14Cl2INOS. The zero-order valence-corrected chi connectivity index (χ0v) is 15.6. The van der Waals surface area contributed by atoms with Gasteiger partial charge in [-0.1, -0.05) is 37.0 Å². The third-order valence-corrected chi connectivity index (χ3v) is 5.02. The van der Waals surface area contributed by atoms with Crippen molar-refractivity contribution in [3.05, 3.63) is 31.9 Å². The van der Waals surface area contributed by atoms with E-state index >= 15 is 0 Å². The second-order valence-electron chi connectivity index (χ2n) is 5.31. The Labute approximate surface area is 147 Å². The Balaban J connectivity index is 2.49. The first-order valence-electron chi connectivity index (χ1n) is 6.02. The van der Waals surface area contributed by atoms with Crippen LogP contribution in [0.25, 0.3) is 10.9 Å². The summed E-state index contributed by atoms with van der Waals surface area (Å²) < 4.78 is 6.90. The molecule has 0 spiro atoms. The fourth-order valence-electron chi connectivity index (χ4n) is 1.62. The number of ether oxygens (including phenoxy) is 1. The number of thiol groups is 1. The SMILES string of the molecule is CC(C)(CS)COc1c(I)cc(Cl)c2ccc(Cl)nc12. The molecule has 2 rings (SSSR count). The van der Waals surface area contributed by atoms with E-state index in [1.54, 1.807) is 6.07 Å². The van der Waals surface area contributed by atoms with Gasteiger partial charge in [-0.05, 0) is 46.5 Å². The molecule has 0 saturated heterocycles. The van der Waals surface area contributed by atoms with E-state index in [1.807, 2.05) is 12.1 Å². The lowest BCUT2D eigenvalue weighted by molar-refractivity contribution is 0.203. The van der Waals surface area contributed by atoms with Gasteiger partial charge >= 0.3 is 0 Å². The number of fused-ring (bicyclic) bond motifs is 1. The third kappa shape index (κ3) is 3.64. The highest BCUT2D eigenvalue weighted by Crippen LogP contribution is 2.36. The first-order chi connectivity index (χ1) is 9.34. The number of hydrogen-bond acceptors (Lipinski definition) is 3. The summed E-state index contributed by atoms with van der Waals surface area (Å²) in [7, 11) is 0. The van der Waals surface area contributed by atoms with E-state index < -0.39 is 0 Å². The van der Waals surface area contributed by atoms with Gasteiger partial charge in [0.2, 0.25) is 0 Å². The van der Waals surface area contributed by atoms with Crippen LogP contribution in [-0.4, -0.2) is 17.3 Å². The molecule has 0 N–H and O–H groups in total. The molecule has 0 unspecified atom stereocenters. The molecule has 2 nitrogen and oxygen atoms in total. The molecule has 0 aliphatic heterocycles. The molecule has 6 heteroatoms. The van der Waals surface area contributed by atoms with Gasteiger partial charge in [0.15, 0.2) is 5.75 Å². The smallest absolute Gasteiger partial charge is 0.159 e. The van der Waals surface area contributed by atoms with Gasteiger partial charge in [-0.3, -0.25) is 0 Å². The lowest BCUT2D eigenvalue weighted by Gasteiger charge is -2.23. The molecule has 0 fully saturated rings. The fourth-order valence-corrected chi connectivity index (χ4v) is 3.03. The summed E-state index contributed by atoms with van der Waals surface area (Å²) in [5, 5.41) is 1.92. The van der Waals surface area contributed by atoms with Crippen LogP contribution in [0.3, 0.4) is 0 Å². The normalized spacial score (nSPS) is 11.9. The Bertz CT molecular complexity index is 649. The monoisotopic (exact) mass is 441 g/mol. The molecule has 0 saturated carbocycles. The molecule has 0 amide bonds. The van der Waals surface area contributed by atoms with Gasteiger partial charge in [-0.2, -0.15) is 12.6 Å². The first-order valence-corrected chi connectivity index (χ1v) is 8.49. The van der Waals surface area contributed by atoms with E-state index in [-0.39, 0.29) is 5.41 Å².